The van der Waals surface area contributed by atoms with Crippen LogP contribution in [0, 0.1) is 0 Å². The molecule has 0 aliphatic rings. The number of carbonyl (C=O) groups is 1. The SMILES string of the molecule is CC(C)=CCC/C(C)=C/CC/C(C)=C/CC/C=C(\C)CC/C=C(\C)CCC=C(C)CC(=O)CN. The summed E-state index contributed by atoms with van der Waals surface area (Å²) in [4.78, 5) is 11.4. The van der Waals surface area contributed by atoms with E-state index in [9.17, 15) is 4.79 Å². The molecule has 0 fully saturated rings. The first-order valence-corrected chi connectivity index (χ1v) is 13.3. The van der Waals surface area contributed by atoms with Crippen molar-refractivity contribution in [1.29, 1.82) is 0 Å². The number of nitrogens with two attached hydrogens (primary N) is 1. The summed E-state index contributed by atoms with van der Waals surface area (Å²) in [6.45, 7) is 15.5. The first-order chi connectivity index (χ1) is 16.1. The number of carbonyl (C=O) groups excluding carboxylic acids is 1. The molecule has 0 bridgehead atoms. The van der Waals surface area contributed by atoms with Gasteiger partial charge in [0.25, 0.3) is 0 Å². The van der Waals surface area contributed by atoms with Gasteiger partial charge in [0.15, 0.2) is 0 Å². The van der Waals surface area contributed by atoms with Gasteiger partial charge in [0.1, 0.15) is 5.78 Å². The molecule has 0 heterocycles. The fraction of sp³-hybridized carbons (Fsp3) is 0.594. The molecule has 34 heavy (non-hydrogen) atoms. The van der Waals surface area contributed by atoms with Crippen molar-refractivity contribution in [3.8, 4) is 0 Å². The third-order valence-corrected chi connectivity index (χ3v) is 6.04. The minimum atomic E-state index is 0.113. The molecule has 0 aromatic heterocycles. The van der Waals surface area contributed by atoms with Crippen molar-refractivity contribution in [2.75, 3.05) is 6.54 Å². The van der Waals surface area contributed by atoms with Crippen molar-refractivity contribution in [2.24, 2.45) is 5.73 Å². The van der Waals surface area contributed by atoms with Gasteiger partial charge in [-0.1, -0.05) is 69.9 Å². The fourth-order valence-corrected chi connectivity index (χ4v) is 3.75. The van der Waals surface area contributed by atoms with Crippen LogP contribution in [0.1, 0.15) is 119 Å². The second kappa shape index (κ2) is 20.4. The molecule has 0 spiro atoms. The highest BCUT2D eigenvalue weighted by molar-refractivity contribution is 5.82. The second-order valence-corrected chi connectivity index (χ2v) is 10.2. The van der Waals surface area contributed by atoms with Gasteiger partial charge in [-0.3, -0.25) is 4.79 Å². The number of hydrogen-bond acceptors (Lipinski definition) is 2. The molecule has 0 saturated heterocycles. The van der Waals surface area contributed by atoms with Crippen molar-refractivity contribution in [3.63, 3.8) is 0 Å². The van der Waals surface area contributed by atoms with Crippen LogP contribution >= 0.6 is 0 Å². The molecule has 0 aliphatic carbocycles. The Morgan fingerprint density at radius 1 is 0.500 bits per heavy atom. The van der Waals surface area contributed by atoms with Crippen LogP contribution in [0.2, 0.25) is 0 Å². The van der Waals surface area contributed by atoms with E-state index in [2.05, 4.69) is 78.0 Å². The Morgan fingerprint density at radius 3 is 1.18 bits per heavy atom. The zero-order chi connectivity index (χ0) is 25.8. The second-order valence-electron chi connectivity index (χ2n) is 10.2. The maximum absolute atomic E-state index is 11.4. The molecule has 0 aromatic carbocycles. The molecule has 0 amide bonds. The smallest absolute Gasteiger partial charge is 0.150 e. The van der Waals surface area contributed by atoms with E-state index in [1.54, 1.807) is 0 Å². The summed E-state index contributed by atoms with van der Waals surface area (Å²) in [5, 5.41) is 0. The van der Waals surface area contributed by atoms with Crippen LogP contribution in [0.4, 0.5) is 0 Å². The summed E-state index contributed by atoms with van der Waals surface area (Å²) in [7, 11) is 0. The maximum Gasteiger partial charge on any atom is 0.150 e. The van der Waals surface area contributed by atoms with Crippen LogP contribution in [0.3, 0.4) is 0 Å². The van der Waals surface area contributed by atoms with E-state index >= 15 is 0 Å². The van der Waals surface area contributed by atoms with E-state index < -0.39 is 0 Å². The molecular weight excluding hydrogens is 414 g/mol. The van der Waals surface area contributed by atoms with Crippen molar-refractivity contribution >= 4 is 5.78 Å². The average molecular weight is 468 g/mol. The normalized spacial score (nSPS) is 13.9. The molecule has 0 saturated carbocycles. The van der Waals surface area contributed by atoms with Crippen molar-refractivity contribution in [1.82, 2.24) is 0 Å². The van der Waals surface area contributed by atoms with Gasteiger partial charge >= 0.3 is 0 Å². The highest BCUT2D eigenvalue weighted by atomic mass is 16.1. The lowest BCUT2D eigenvalue weighted by molar-refractivity contribution is -0.117. The Hall–Kier alpha value is -1.93. The summed E-state index contributed by atoms with van der Waals surface area (Å²) in [5.74, 6) is 0.113. The number of Topliss-reactive ketones (excluding diaryl/α,β-unsaturated/α-hetero) is 1. The van der Waals surface area contributed by atoms with Crippen molar-refractivity contribution < 1.29 is 4.79 Å². The van der Waals surface area contributed by atoms with Gasteiger partial charge in [0, 0.05) is 6.42 Å². The van der Waals surface area contributed by atoms with Gasteiger partial charge in [-0.2, -0.15) is 0 Å². The van der Waals surface area contributed by atoms with E-state index in [0.717, 1.165) is 56.9 Å². The summed E-state index contributed by atoms with van der Waals surface area (Å²) in [5.41, 5.74) is 13.9. The van der Waals surface area contributed by atoms with Gasteiger partial charge in [-0.05, 0) is 113 Å². The monoisotopic (exact) mass is 467 g/mol. The molecule has 0 atom stereocenters. The Bertz CT molecular complexity index is 767. The largest absolute Gasteiger partial charge is 0.324 e. The van der Waals surface area contributed by atoms with E-state index in [1.165, 1.54) is 40.7 Å². The lowest BCUT2D eigenvalue weighted by Gasteiger charge is -2.03. The predicted molar refractivity (Wildman–Crippen MR) is 153 cm³/mol. The molecule has 0 aliphatic heterocycles. The van der Waals surface area contributed by atoms with E-state index in [1.807, 2.05) is 6.92 Å². The highest BCUT2D eigenvalue weighted by Gasteiger charge is 1.99. The van der Waals surface area contributed by atoms with Gasteiger partial charge in [0.05, 0.1) is 6.54 Å². The molecule has 192 valence electrons. The number of hydrogen-bond donors (Lipinski definition) is 1. The van der Waals surface area contributed by atoms with Crippen molar-refractivity contribution in [3.05, 3.63) is 69.9 Å². The predicted octanol–water partition coefficient (Wildman–Crippen LogP) is 9.50. The summed E-state index contributed by atoms with van der Waals surface area (Å²) in [6.07, 6.45) is 25.8. The molecule has 0 radical (unpaired) electrons. The third kappa shape index (κ3) is 20.7. The lowest BCUT2D eigenvalue weighted by atomic mass is 10.0. The average Bonchev–Trinajstić information content (AvgIpc) is 2.76. The zero-order valence-corrected chi connectivity index (χ0v) is 23.4. The van der Waals surface area contributed by atoms with Crippen LogP contribution < -0.4 is 5.73 Å². The van der Waals surface area contributed by atoms with E-state index in [4.69, 9.17) is 5.73 Å². The van der Waals surface area contributed by atoms with Crippen LogP contribution in [0.25, 0.3) is 0 Å². The van der Waals surface area contributed by atoms with Crippen molar-refractivity contribution in [2.45, 2.75) is 119 Å². The van der Waals surface area contributed by atoms with Crippen LogP contribution in [-0.2, 0) is 4.79 Å². The fourth-order valence-electron chi connectivity index (χ4n) is 3.75. The van der Waals surface area contributed by atoms with Gasteiger partial charge in [0.2, 0.25) is 0 Å². The molecule has 0 rings (SSSR count). The minimum Gasteiger partial charge on any atom is -0.324 e. The molecule has 2 N–H and O–H groups in total. The topological polar surface area (TPSA) is 43.1 Å². The van der Waals surface area contributed by atoms with Crippen LogP contribution in [0.15, 0.2) is 69.9 Å². The lowest BCUT2D eigenvalue weighted by Crippen LogP contribution is -2.13. The first-order valence-electron chi connectivity index (χ1n) is 13.3. The Kier molecular flexibility index (Phi) is 19.3. The Balaban J connectivity index is 4.12. The minimum absolute atomic E-state index is 0.113. The van der Waals surface area contributed by atoms with Crippen LogP contribution in [0.5, 0.6) is 0 Å². The summed E-state index contributed by atoms with van der Waals surface area (Å²) in [6, 6.07) is 0. The standard InChI is InChI=1S/C32H53NO/c1-26(2)14-10-17-29(5)20-11-18-27(3)15-8-9-16-28(4)19-12-21-30(6)22-13-23-31(7)24-32(34)25-33/h14-16,20-21,23H,8-13,17-19,22,24-25,33H2,1-7H3/b27-15+,28-16+,29-20+,30-21+,31-23?. The number of allylic oxidation sites excluding steroid dienone is 12. The van der Waals surface area contributed by atoms with Gasteiger partial charge in [-0.15, -0.1) is 0 Å². The molecule has 2 heteroatoms. The van der Waals surface area contributed by atoms with Gasteiger partial charge in [-0.25, -0.2) is 0 Å². The maximum atomic E-state index is 11.4. The third-order valence-electron chi connectivity index (χ3n) is 6.04. The van der Waals surface area contributed by atoms with Gasteiger partial charge < -0.3 is 5.73 Å². The number of rotatable bonds is 18. The Labute approximate surface area is 211 Å². The molecule has 0 aromatic rings. The number of ketones is 1. The number of unbranched alkanes of at least 4 members (excludes halogenated alkanes) is 1. The highest BCUT2D eigenvalue weighted by Crippen LogP contribution is 2.15. The zero-order valence-electron chi connectivity index (χ0n) is 23.4. The van der Waals surface area contributed by atoms with Crippen LogP contribution in [-0.4, -0.2) is 12.3 Å². The molecule has 0 unspecified atom stereocenters. The summed E-state index contributed by atoms with van der Waals surface area (Å²) >= 11 is 0. The first kappa shape index (κ1) is 32.1. The molecular formula is C32H53NO. The molecule has 2 nitrogen and oxygen atoms in total. The Morgan fingerprint density at radius 2 is 0.824 bits per heavy atom. The van der Waals surface area contributed by atoms with E-state index in [-0.39, 0.29) is 12.3 Å². The quantitative estimate of drug-likeness (QED) is 0.161. The summed E-state index contributed by atoms with van der Waals surface area (Å²) < 4.78 is 0. The van der Waals surface area contributed by atoms with E-state index in [0.29, 0.717) is 6.42 Å².